The Kier molecular flexibility index (Phi) is 6.55. The third-order valence-electron chi connectivity index (χ3n) is 2.07. The molecule has 0 aliphatic rings. The van der Waals surface area contributed by atoms with Gasteiger partial charge in [0.05, 0.1) is 17.3 Å². The van der Waals surface area contributed by atoms with Gasteiger partial charge >= 0.3 is 0 Å². The molecule has 0 aliphatic carbocycles. The van der Waals surface area contributed by atoms with Crippen molar-refractivity contribution in [1.82, 2.24) is 10.3 Å². The summed E-state index contributed by atoms with van der Waals surface area (Å²) in [5.74, 6) is 0. The molecule has 1 N–H and O–H groups in total. The number of aromatic nitrogens is 1. The van der Waals surface area contributed by atoms with Gasteiger partial charge in [0.2, 0.25) is 0 Å². The number of hydrogen-bond donors (Lipinski definition) is 1. The number of thiazole rings is 1. The lowest BCUT2D eigenvalue weighted by Crippen LogP contribution is -2.16. The molecule has 1 rings (SSSR count). The first-order chi connectivity index (χ1) is 7.36. The molecular formula is C11H20N2OS. The third kappa shape index (κ3) is 5.25. The number of likely N-dealkylation sites (N-methyl/N-ethyl adjacent to an activating group) is 1. The SMILES string of the molecule is CCNCCc1csc(CCOCC)n1. The number of rotatable bonds is 8. The first-order valence-corrected chi connectivity index (χ1v) is 6.46. The molecule has 1 aromatic heterocycles. The molecular weight excluding hydrogens is 208 g/mol. The van der Waals surface area contributed by atoms with E-state index < -0.39 is 0 Å². The van der Waals surface area contributed by atoms with Gasteiger partial charge in [-0.05, 0) is 13.5 Å². The molecule has 15 heavy (non-hydrogen) atoms. The maximum Gasteiger partial charge on any atom is 0.0951 e. The second kappa shape index (κ2) is 7.79. The molecule has 0 bridgehead atoms. The van der Waals surface area contributed by atoms with E-state index in [0.717, 1.165) is 39.1 Å². The zero-order chi connectivity index (χ0) is 10.9. The Balaban J connectivity index is 2.23. The van der Waals surface area contributed by atoms with Crippen LogP contribution in [-0.2, 0) is 17.6 Å². The van der Waals surface area contributed by atoms with Crippen molar-refractivity contribution in [3.05, 3.63) is 16.1 Å². The van der Waals surface area contributed by atoms with Crippen LogP contribution in [0.15, 0.2) is 5.38 Å². The summed E-state index contributed by atoms with van der Waals surface area (Å²) in [6, 6.07) is 0. The van der Waals surface area contributed by atoms with Crippen LogP contribution in [0.2, 0.25) is 0 Å². The van der Waals surface area contributed by atoms with Crippen molar-refractivity contribution < 1.29 is 4.74 Å². The summed E-state index contributed by atoms with van der Waals surface area (Å²) < 4.78 is 5.30. The molecule has 0 aliphatic heterocycles. The quantitative estimate of drug-likeness (QED) is 0.690. The van der Waals surface area contributed by atoms with E-state index >= 15 is 0 Å². The van der Waals surface area contributed by atoms with E-state index in [9.17, 15) is 0 Å². The smallest absolute Gasteiger partial charge is 0.0951 e. The second-order valence-corrected chi connectivity index (χ2v) is 4.23. The van der Waals surface area contributed by atoms with Crippen molar-refractivity contribution in [2.75, 3.05) is 26.3 Å². The minimum atomic E-state index is 0.788. The maximum atomic E-state index is 5.30. The fourth-order valence-electron chi connectivity index (χ4n) is 1.28. The van der Waals surface area contributed by atoms with E-state index in [4.69, 9.17) is 4.74 Å². The molecule has 0 amide bonds. The van der Waals surface area contributed by atoms with Crippen molar-refractivity contribution in [2.45, 2.75) is 26.7 Å². The lowest BCUT2D eigenvalue weighted by molar-refractivity contribution is 0.151. The molecule has 86 valence electrons. The summed E-state index contributed by atoms with van der Waals surface area (Å²) in [5, 5.41) is 6.64. The summed E-state index contributed by atoms with van der Waals surface area (Å²) in [5.41, 5.74) is 1.20. The van der Waals surface area contributed by atoms with Crippen molar-refractivity contribution >= 4 is 11.3 Å². The minimum Gasteiger partial charge on any atom is -0.381 e. The van der Waals surface area contributed by atoms with Gasteiger partial charge in [0.1, 0.15) is 0 Å². The summed E-state index contributed by atoms with van der Waals surface area (Å²) in [4.78, 5) is 4.55. The summed E-state index contributed by atoms with van der Waals surface area (Å²) in [6.45, 7) is 7.76. The van der Waals surface area contributed by atoms with Gasteiger partial charge in [0, 0.05) is 31.4 Å². The highest BCUT2D eigenvalue weighted by atomic mass is 32.1. The highest BCUT2D eigenvalue weighted by Crippen LogP contribution is 2.10. The standard InChI is InChI=1S/C11H20N2OS/c1-3-12-7-5-10-9-15-11(13-10)6-8-14-4-2/h9,12H,3-8H2,1-2H3. The van der Waals surface area contributed by atoms with Crippen LogP contribution in [0, 0.1) is 0 Å². The number of hydrogen-bond acceptors (Lipinski definition) is 4. The van der Waals surface area contributed by atoms with Crippen molar-refractivity contribution in [3.63, 3.8) is 0 Å². The average molecular weight is 228 g/mol. The summed E-state index contributed by atoms with van der Waals surface area (Å²) in [7, 11) is 0. The van der Waals surface area contributed by atoms with Crippen molar-refractivity contribution in [2.24, 2.45) is 0 Å². The van der Waals surface area contributed by atoms with Crippen LogP contribution in [0.4, 0.5) is 0 Å². The van der Waals surface area contributed by atoms with Gasteiger partial charge in [-0.25, -0.2) is 4.98 Å². The molecule has 0 unspecified atom stereocenters. The monoisotopic (exact) mass is 228 g/mol. The Hall–Kier alpha value is -0.450. The Morgan fingerprint density at radius 3 is 3.00 bits per heavy atom. The lowest BCUT2D eigenvalue weighted by atomic mass is 10.3. The zero-order valence-electron chi connectivity index (χ0n) is 9.58. The molecule has 0 aromatic carbocycles. The van der Waals surface area contributed by atoms with Crippen LogP contribution in [-0.4, -0.2) is 31.3 Å². The summed E-state index contributed by atoms with van der Waals surface area (Å²) >= 11 is 1.74. The van der Waals surface area contributed by atoms with Crippen LogP contribution >= 0.6 is 11.3 Å². The maximum absolute atomic E-state index is 5.30. The fraction of sp³-hybridized carbons (Fsp3) is 0.727. The summed E-state index contributed by atoms with van der Waals surface area (Å²) in [6.07, 6.45) is 1.97. The van der Waals surface area contributed by atoms with Gasteiger partial charge in [-0.3, -0.25) is 0 Å². The number of ether oxygens (including phenoxy) is 1. The molecule has 0 saturated carbocycles. The molecule has 0 spiro atoms. The third-order valence-corrected chi connectivity index (χ3v) is 3.03. The van der Waals surface area contributed by atoms with E-state index in [0.29, 0.717) is 0 Å². The van der Waals surface area contributed by atoms with Crippen molar-refractivity contribution in [1.29, 1.82) is 0 Å². The van der Waals surface area contributed by atoms with E-state index in [1.165, 1.54) is 10.7 Å². The minimum absolute atomic E-state index is 0.788. The highest BCUT2D eigenvalue weighted by molar-refractivity contribution is 7.09. The fourth-order valence-corrected chi connectivity index (χ4v) is 2.09. The Morgan fingerprint density at radius 2 is 2.27 bits per heavy atom. The number of nitrogens with zero attached hydrogens (tertiary/aromatic N) is 1. The van der Waals surface area contributed by atoms with Gasteiger partial charge in [-0.15, -0.1) is 11.3 Å². The molecule has 0 atom stereocenters. The van der Waals surface area contributed by atoms with Crippen LogP contribution in [0.3, 0.4) is 0 Å². The van der Waals surface area contributed by atoms with Crippen LogP contribution in [0.5, 0.6) is 0 Å². The Morgan fingerprint density at radius 1 is 1.40 bits per heavy atom. The Labute approximate surface area is 95.9 Å². The predicted molar refractivity (Wildman–Crippen MR) is 64.6 cm³/mol. The predicted octanol–water partition coefficient (Wildman–Crippen LogP) is 1.87. The van der Waals surface area contributed by atoms with Gasteiger partial charge < -0.3 is 10.1 Å². The first-order valence-electron chi connectivity index (χ1n) is 5.58. The number of nitrogens with one attached hydrogen (secondary N) is 1. The second-order valence-electron chi connectivity index (χ2n) is 3.28. The van der Waals surface area contributed by atoms with E-state index in [-0.39, 0.29) is 0 Å². The van der Waals surface area contributed by atoms with E-state index in [1.54, 1.807) is 11.3 Å². The first kappa shape index (κ1) is 12.6. The van der Waals surface area contributed by atoms with E-state index in [2.05, 4.69) is 22.6 Å². The van der Waals surface area contributed by atoms with Gasteiger partial charge in [0.15, 0.2) is 0 Å². The zero-order valence-corrected chi connectivity index (χ0v) is 10.4. The largest absolute Gasteiger partial charge is 0.381 e. The van der Waals surface area contributed by atoms with Gasteiger partial charge in [-0.2, -0.15) is 0 Å². The molecule has 1 aromatic rings. The molecule has 1 heterocycles. The van der Waals surface area contributed by atoms with Crippen LogP contribution < -0.4 is 5.32 Å². The van der Waals surface area contributed by atoms with E-state index in [1.807, 2.05) is 6.92 Å². The normalized spacial score (nSPS) is 10.8. The molecule has 3 nitrogen and oxygen atoms in total. The van der Waals surface area contributed by atoms with Gasteiger partial charge in [-0.1, -0.05) is 6.92 Å². The Bertz CT molecular complexity index is 238. The van der Waals surface area contributed by atoms with Crippen LogP contribution in [0.1, 0.15) is 24.5 Å². The highest BCUT2D eigenvalue weighted by Gasteiger charge is 2.01. The average Bonchev–Trinajstić information content (AvgIpc) is 2.67. The molecule has 4 heteroatoms. The van der Waals surface area contributed by atoms with Gasteiger partial charge in [0.25, 0.3) is 0 Å². The molecule has 0 saturated heterocycles. The molecule has 0 fully saturated rings. The van der Waals surface area contributed by atoms with Crippen molar-refractivity contribution in [3.8, 4) is 0 Å². The van der Waals surface area contributed by atoms with Crippen LogP contribution in [0.25, 0.3) is 0 Å². The lowest BCUT2D eigenvalue weighted by Gasteiger charge is -1.98. The molecule has 0 radical (unpaired) electrons. The topological polar surface area (TPSA) is 34.1 Å².